The maximum absolute atomic E-state index is 6.25. The van der Waals surface area contributed by atoms with Crippen LogP contribution in [0.4, 0.5) is 0 Å². The zero-order valence-corrected chi connectivity index (χ0v) is 17.4. The Kier molecular flexibility index (Phi) is 6.90. The van der Waals surface area contributed by atoms with E-state index in [2.05, 4.69) is 24.4 Å². The predicted molar refractivity (Wildman–Crippen MR) is 118 cm³/mol. The number of methoxy groups -OCH3 is 1. The molecule has 0 aliphatic carbocycles. The van der Waals surface area contributed by atoms with Gasteiger partial charge in [0.1, 0.15) is 11.6 Å². The number of nitrogens with one attached hydrogen (secondary N) is 1. The first-order valence-electron chi connectivity index (χ1n) is 8.96. The highest BCUT2D eigenvalue weighted by Crippen LogP contribution is 2.32. The lowest BCUT2D eigenvalue weighted by Gasteiger charge is -2.17. The highest BCUT2D eigenvalue weighted by atomic mass is 35.5. The maximum Gasteiger partial charge on any atom is 0.171 e. The molecule has 0 fully saturated rings. The Bertz CT molecular complexity index is 974. The number of hydrogen-bond acceptors (Lipinski definition) is 3. The summed E-state index contributed by atoms with van der Waals surface area (Å²) in [5.74, 6) is 1.23. The summed E-state index contributed by atoms with van der Waals surface area (Å²) < 4.78 is 11.6. The van der Waals surface area contributed by atoms with Crippen LogP contribution in [0.2, 0.25) is 5.02 Å². The Hall–Kier alpha value is -2.56. The van der Waals surface area contributed by atoms with Crippen LogP contribution in [-0.4, -0.2) is 12.1 Å². The number of hydrogen-bond donors (Lipinski definition) is 1. The fraction of sp³-hybridized carbons (Fsp3) is 0.174. The van der Waals surface area contributed by atoms with Gasteiger partial charge in [0.05, 0.1) is 12.7 Å². The minimum atomic E-state index is 0.327. The number of para-hydroxylation sites is 1. The molecule has 3 aromatic rings. The van der Waals surface area contributed by atoms with E-state index in [-0.39, 0.29) is 0 Å². The topological polar surface area (TPSA) is 30.5 Å². The second-order valence-electron chi connectivity index (χ2n) is 6.33. The second kappa shape index (κ2) is 9.58. The van der Waals surface area contributed by atoms with Crippen molar-refractivity contribution in [1.82, 2.24) is 5.32 Å². The van der Waals surface area contributed by atoms with Gasteiger partial charge in [0.2, 0.25) is 0 Å². The van der Waals surface area contributed by atoms with Gasteiger partial charge in [-0.05, 0) is 36.2 Å². The van der Waals surface area contributed by atoms with Gasteiger partial charge in [0.25, 0.3) is 0 Å². The third-order valence-corrected chi connectivity index (χ3v) is 5.21. The van der Waals surface area contributed by atoms with E-state index in [1.165, 1.54) is 11.1 Å². The van der Waals surface area contributed by atoms with E-state index in [9.17, 15) is 0 Å². The molecule has 0 aliphatic rings. The fourth-order valence-corrected chi connectivity index (χ4v) is 3.27. The van der Waals surface area contributed by atoms with E-state index in [0.717, 1.165) is 11.1 Å². The van der Waals surface area contributed by atoms with E-state index >= 15 is 0 Å². The summed E-state index contributed by atoms with van der Waals surface area (Å²) in [6, 6.07) is 21.5. The molecule has 5 heteroatoms. The average molecular weight is 412 g/mol. The van der Waals surface area contributed by atoms with E-state index in [1.54, 1.807) is 7.11 Å². The molecule has 28 heavy (non-hydrogen) atoms. The first-order valence-corrected chi connectivity index (χ1v) is 9.74. The first kappa shape index (κ1) is 20.2. The maximum atomic E-state index is 6.25. The van der Waals surface area contributed by atoms with Crippen molar-refractivity contribution in [2.45, 2.75) is 20.1 Å². The van der Waals surface area contributed by atoms with Gasteiger partial charge < -0.3 is 14.8 Å². The van der Waals surface area contributed by atoms with Crippen molar-refractivity contribution in [3.05, 3.63) is 94.0 Å². The fourth-order valence-electron chi connectivity index (χ4n) is 2.85. The molecule has 144 valence electrons. The van der Waals surface area contributed by atoms with Crippen molar-refractivity contribution >= 4 is 28.8 Å². The Morgan fingerprint density at radius 3 is 2.39 bits per heavy atom. The molecular weight excluding hydrogens is 390 g/mol. The summed E-state index contributed by atoms with van der Waals surface area (Å²) in [6.45, 7) is 3.06. The molecule has 0 heterocycles. The van der Waals surface area contributed by atoms with Gasteiger partial charge in [-0.2, -0.15) is 0 Å². The van der Waals surface area contributed by atoms with Gasteiger partial charge in [0, 0.05) is 17.1 Å². The van der Waals surface area contributed by atoms with E-state index < -0.39 is 0 Å². The molecule has 3 nitrogen and oxygen atoms in total. The lowest BCUT2D eigenvalue weighted by Crippen LogP contribution is -2.23. The molecule has 0 saturated carbocycles. The summed E-state index contributed by atoms with van der Waals surface area (Å²) in [5.41, 5.74) is 4.11. The number of ether oxygens (including phenoxy) is 2. The second-order valence-corrected chi connectivity index (χ2v) is 7.14. The Labute approximate surface area is 176 Å². The van der Waals surface area contributed by atoms with Crippen molar-refractivity contribution in [3.63, 3.8) is 0 Å². The van der Waals surface area contributed by atoms with Gasteiger partial charge in [-0.25, -0.2) is 0 Å². The van der Waals surface area contributed by atoms with Gasteiger partial charge in [0.15, 0.2) is 11.5 Å². The molecule has 0 spiro atoms. The number of rotatable bonds is 7. The minimum Gasteiger partial charge on any atom is -0.493 e. The Morgan fingerprint density at radius 1 is 0.964 bits per heavy atom. The molecule has 0 atom stereocenters. The molecular formula is C23H22ClNO2S. The minimum absolute atomic E-state index is 0.327. The zero-order valence-electron chi connectivity index (χ0n) is 15.9. The van der Waals surface area contributed by atoms with Crippen LogP contribution in [0.5, 0.6) is 11.5 Å². The van der Waals surface area contributed by atoms with Crippen LogP contribution in [0, 0.1) is 6.92 Å². The molecule has 1 N–H and O–H groups in total. The zero-order chi connectivity index (χ0) is 19.9. The first-order chi connectivity index (χ1) is 13.6. The van der Waals surface area contributed by atoms with Gasteiger partial charge in [-0.1, -0.05) is 72.3 Å². The average Bonchev–Trinajstić information content (AvgIpc) is 2.72. The molecule has 3 aromatic carbocycles. The molecule has 0 amide bonds. The molecule has 0 bridgehead atoms. The van der Waals surface area contributed by atoms with Gasteiger partial charge in [-0.15, -0.1) is 0 Å². The summed E-state index contributed by atoms with van der Waals surface area (Å²) in [6.07, 6.45) is 0. The number of benzene rings is 3. The normalized spacial score (nSPS) is 10.4. The third kappa shape index (κ3) is 4.83. The van der Waals surface area contributed by atoms with Crippen molar-refractivity contribution in [2.75, 3.05) is 7.11 Å². The lowest BCUT2D eigenvalue weighted by atomic mass is 10.1. The summed E-state index contributed by atoms with van der Waals surface area (Å²) in [5, 5.41) is 3.99. The monoisotopic (exact) mass is 411 g/mol. The third-order valence-electron chi connectivity index (χ3n) is 4.47. The SMILES string of the molecule is COc1cccc(C(=S)NCc2ccccc2C)c1OCc1ccccc1Cl. The van der Waals surface area contributed by atoms with Crippen LogP contribution in [0.15, 0.2) is 66.7 Å². The Balaban J connectivity index is 1.79. The van der Waals surface area contributed by atoms with Gasteiger partial charge >= 0.3 is 0 Å². The summed E-state index contributed by atoms with van der Waals surface area (Å²) >= 11 is 11.9. The van der Waals surface area contributed by atoms with Crippen LogP contribution in [0.25, 0.3) is 0 Å². The van der Waals surface area contributed by atoms with Crippen LogP contribution >= 0.6 is 23.8 Å². The van der Waals surface area contributed by atoms with Crippen LogP contribution in [0.3, 0.4) is 0 Å². The van der Waals surface area contributed by atoms with Gasteiger partial charge in [-0.3, -0.25) is 0 Å². The largest absolute Gasteiger partial charge is 0.493 e. The van der Waals surface area contributed by atoms with Crippen molar-refractivity contribution < 1.29 is 9.47 Å². The smallest absolute Gasteiger partial charge is 0.171 e. The number of halogens is 1. The van der Waals surface area contributed by atoms with E-state index in [0.29, 0.717) is 34.7 Å². The molecule has 0 radical (unpaired) electrons. The molecule has 0 saturated heterocycles. The molecule has 0 aromatic heterocycles. The number of thiocarbonyl (C=S) groups is 1. The highest BCUT2D eigenvalue weighted by Gasteiger charge is 2.15. The highest BCUT2D eigenvalue weighted by molar-refractivity contribution is 7.80. The quantitative estimate of drug-likeness (QED) is 0.505. The van der Waals surface area contributed by atoms with Crippen LogP contribution in [-0.2, 0) is 13.2 Å². The van der Waals surface area contributed by atoms with Crippen LogP contribution in [0.1, 0.15) is 22.3 Å². The van der Waals surface area contributed by atoms with E-state index in [1.807, 2.05) is 54.6 Å². The van der Waals surface area contributed by atoms with Crippen molar-refractivity contribution in [1.29, 1.82) is 0 Å². The predicted octanol–water partition coefficient (Wildman–Crippen LogP) is 5.70. The lowest BCUT2D eigenvalue weighted by molar-refractivity contribution is 0.284. The van der Waals surface area contributed by atoms with Crippen molar-refractivity contribution in [2.24, 2.45) is 0 Å². The van der Waals surface area contributed by atoms with E-state index in [4.69, 9.17) is 33.3 Å². The Morgan fingerprint density at radius 2 is 1.68 bits per heavy atom. The molecule has 0 aliphatic heterocycles. The molecule has 0 unspecified atom stereocenters. The number of aryl methyl sites for hydroxylation is 1. The van der Waals surface area contributed by atoms with Crippen LogP contribution < -0.4 is 14.8 Å². The summed E-state index contributed by atoms with van der Waals surface area (Å²) in [4.78, 5) is 0.608. The molecule has 3 rings (SSSR count). The van der Waals surface area contributed by atoms with Crippen molar-refractivity contribution in [3.8, 4) is 11.5 Å². The standard InChI is InChI=1S/C23H22ClNO2S/c1-16-8-3-4-9-17(16)14-25-23(28)19-11-7-13-21(26-2)22(19)27-15-18-10-5-6-12-20(18)24/h3-13H,14-15H2,1-2H3,(H,25,28). The summed E-state index contributed by atoms with van der Waals surface area (Å²) in [7, 11) is 1.62.